The van der Waals surface area contributed by atoms with Gasteiger partial charge < -0.3 is 16.8 Å². The summed E-state index contributed by atoms with van der Waals surface area (Å²) in [6, 6.07) is -0.991. The Balaban J connectivity index is 3.42. The first kappa shape index (κ1) is 12.2. The second kappa shape index (κ2) is 6.73. The predicted molar refractivity (Wildman–Crippen MR) is 53.3 cm³/mol. The molecular weight excluding hydrogens is 190 g/mol. The van der Waals surface area contributed by atoms with Crippen molar-refractivity contribution < 1.29 is 9.59 Å². The van der Waals surface area contributed by atoms with E-state index in [2.05, 4.69) is 5.32 Å². The van der Waals surface area contributed by atoms with E-state index in [4.69, 9.17) is 11.5 Å². The number of nitrogens with one attached hydrogen (secondary N) is 1. The molecule has 5 N–H and O–H groups in total. The van der Waals surface area contributed by atoms with Gasteiger partial charge in [-0.25, -0.2) is 4.79 Å². The summed E-state index contributed by atoms with van der Waals surface area (Å²) in [6.45, 7) is 0.463. The molecule has 5 nitrogen and oxygen atoms in total. The average Bonchev–Trinajstić information content (AvgIpc) is 2.10. The monoisotopic (exact) mass is 205 g/mol. The predicted octanol–water partition coefficient (Wildman–Crippen LogP) is -0.348. The minimum absolute atomic E-state index is 0.0286. The molecular formula is C7H15N3O2S. The fourth-order valence-electron chi connectivity index (χ4n) is 0.803. The fraction of sp³-hybridized carbons (Fsp3) is 0.714. The summed E-state index contributed by atoms with van der Waals surface area (Å²) in [4.78, 5) is 21.2. The molecule has 0 aliphatic carbocycles. The molecule has 6 heteroatoms. The van der Waals surface area contributed by atoms with Crippen LogP contribution >= 0.6 is 11.8 Å². The summed E-state index contributed by atoms with van der Waals surface area (Å²) < 4.78 is 0. The quantitative estimate of drug-likeness (QED) is 0.534. The number of carbonyl (C=O) groups is 2. The van der Waals surface area contributed by atoms with Crippen LogP contribution in [0.15, 0.2) is 0 Å². The maximum atomic E-state index is 11.0. The SMILES string of the molecule is CSC(=O)[C@H](N)CCCNC(N)=O. The van der Waals surface area contributed by atoms with Gasteiger partial charge in [0.25, 0.3) is 0 Å². The number of hydrogen-bond acceptors (Lipinski definition) is 4. The molecule has 0 fully saturated rings. The third-order valence-corrected chi connectivity index (χ3v) is 2.20. The zero-order valence-electron chi connectivity index (χ0n) is 7.58. The fourth-order valence-corrected chi connectivity index (χ4v) is 1.22. The first-order valence-electron chi connectivity index (χ1n) is 3.94. The Hall–Kier alpha value is -0.750. The standard InChI is InChI=1S/C7H15N3O2S/c1-13-6(11)5(8)3-2-4-10-7(9)12/h5H,2-4,8H2,1H3,(H3,9,10,12)/t5-/m1/s1. The van der Waals surface area contributed by atoms with Crippen LogP contribution in [0.25, 0.3) is 0 Å². The molecule has 0 aromatic heterocycles. The van der Waals surface area contributed by atoms with Gasteiger partial charge in [-0.15, -0.1) is 0 Å². The lowest BCUT2D eigenvalue weighted by Crippen LogP contribution is -2.32. The van der Waals surface area contributed by atoms with Crippen molar-refractivity contribution in [2.75, 3.05) is 12.8 Å². The van der Waals surface area contributed by atoms with Gasteiger partial charge >= 0.3 is 6.03 Å². The van der Waals surface area contributed by atoms with Crippen molar-refractivity contribution in [3.05, 3.63) is 0 Å². The first-order chi connectivity index (χ1) is 6.07. The number of primary amides is 1. The van der Waals surface area contributed by atoms with Crippen molar-refractivity contribution in [1.29, 1.82) is 0 Å². The van der Waals surface area contributed by atoms with Gasteiger partial charge in [0.05, 0.1) is 6.04 Å². The van der Waals surface area contributed by atoms with E-state index in [1.165, 1.54) is 0 Å². The lowest BCUT2D eigenvalue weighted by molar-refractivity contribution is -0.112. The Morgan fingerprint density at radius 1 is 1.54 bits per heavy atom. The van der Waals surface area contributed by atoms with Crippen LogP contribution in [0.1, 0.15) is 12.8 Å². The highest BCUT2D eigenvalue weighted by Crippen LogP contribution is 2.03. The molecule has 0 heterocycles. The highest BCUT2D eigenvalue weighted by molar-refractivity contribution is 8.13. The number of amides is 2. The van der Waals surface area contributed by atoms with Gasteiger partial charge in [-0.2, -0.15) is 0 Å². The summed E-state index contributed by atoms with van der Waals surface area (Å²) >= 11 is 1.12. The molecule has 0 spiro atoms. The van der Waals surface area contributed by atoms with Crippen molar-refractivity contribution in [2.24, 2.45) is 11.5 Å². The van der Waals surface area contributed by atoms with Gasteiger partial charge in [0.1, 0.15) is 0 Å². The highest BCUT2D eigenvalue weighted by Gasteiger charge is 2.10. The number of rotatable bonds is 5. The lowest BCUT2D eigenvalue weighted by atomic mass is 10.2. The molecule has 0 aromatic carbocycles. The topological polar surface area (TPSA) is 98.2 Å². The number of carbonyl (C=O) groups excluding carboxylic acids is 2. The Morgan fingerprint density at radius 2 is 2.15 bits per heavy atom. The van der Waals surface area contributed by atoms with Crippen LogP contribution in [-0.4, -0.2) is 30.0 Å². The molecule has 76 valence electrons. The third kappa shape index (κ3) is 6.41. The molecule has 13 heavy (non-hydrogen) atoms. The largest absolute Gasteiger partial charge is 0.352 e. The molecule has 0 aliphatic heterocycles. The number of urea groups is 1. The van der Waals surface area contributed by atoms with Crippen LogP contribution in [0.3, 0.4) is 0 Å². The van der Waals surface area contributed by atoms with Crippen LogP contribution < -0.4 is 16.8 Å². The zero-order chi connectivity index (χ0) is 10.3. The molecule has 2 amide bonds. The number of nitrogens with two attached hydrogens (primary N) is 2. The van der Waals surface area contributed by atoms with E-state index in [0.29, 0.717) is 19.4 Å². The molecule has 0 bridgehead atoms. The Morgan fingerprint density at radius 3 is 2.62 bits per heavy atom. The van der Waals surface area contributed by atoms with E-state index in [-0.39, 0.29) is 5.12 Å². The molecule has 0 saturated carbocycles. The van der Waals surface area contributed by atoms with Crippen LogP contribution in [0, 0.1) is 0 Å². The number of thioether (sulfide) groups is 1. The maximum absolute atomic E-state index is 11.0. The zero-order valence-corrected chi connectivity index (χ0v) is 8.39. The van der Waals surface area contributed by atoms with Crippen molar-refractivity contribution in [3.8, 4) is 0 Å². The molecule has 0 aromatic rings. The molecule has 0 rings (SSSR count). The van der Waals surface area contributed by atoms with E-state index in [9.17, 15) is 9.59 Å². The van der Waals surface area contributed by atoms with E-state index >= 15 is 0 Å². The number of hydrogen-bond donors (Lipinski definition) is 3. The second-order valence-corrected chi connectivity index (χ2v) is 3.37. The summed E-state index contributed by atoms with van der Waals surface area (Å²) in [7, 11) is 0. The van der Waals surface area contributed by atoms with Crippen molar-refractivity contribution >= 4 is 22.9 Å². The molecule has 0 saturated heterocycles. The van der Waals surface area contributed by atoms with Gasteiger partial charge in [0.2, 0.25) is 5.12 Å². The molecule has 1 atom stereocenters. The smallest absolute Gasteiger partial charge is 0.312 e. The van der Waals surface area contributed by atoms with Gasteiger partial charge in [-0.1, -0.05) is 11.8 Å². The average molecular weight is 205 g/mol. The highest BCUT2D eigenvalue weighted by atomic mass is 32.2. The summed E-state index contributed by atoms with van der Waals surface area (Å²) in [6.07, 6.45) is 2.93. The summed E-state index contributed by atoms with van der Waals surface area (Å²) in [5, 5.41) is 2.39. The molecule has 0 aliphatic rings. The Kier molecular flexibility index (Phi) is 6.34. The third-order valence-electron chi connectivity index (χ3n) is 1.50. The van der Waals surface area contributed by atoms with E-state index < -0.39 is 12.1 Å². The lowest BCUT2D eigenvalue weighted by Gasteiger charge is -2.07. The van der Waals surface area contributed by atoms with Crippen molar-refractivity contribution in [3.63, 3.8) is 0 Å². The summed E-state index contributed by atoms with van der Waals surface area (Å²) in [5.74, 6) is 0. The van der Waals surface area contributed by atoms with E-state index in [0.717, 1.165) is 11.8 Å². The normalized spacial score (nSPS) is 12.2. The van der Waals surface area contributed by atoms with Gasteiger partial charge in [0, 0.05) is 6.54 Å². The van der Waals surface area contributed by atoms with Crippen molar-refractivity contribution in [2.45, 2.75) is 18.9 Å². The van der Waals surface area contributed by atoms with Crippen LogP contribution in [0.4, 0.5) is 4.79 Å². The van der Waals surface area contributed by atoms with Crippen LogP contribution in [0.5, 0.6) is 0 Å². The van der Waals surface area contributed by atoms with Crippen LogP contribution in [0.2, 0.25) is 0 Å². The van der Waals surface area contributed by atoms with E-state index in [1.807, 2.05) is 0 Å². The van der Waals surface area contributed by atoms with Gasteiger partial charge in [-0.3, -0.25) is 4.79 Å². The second-order valence-electron chi connectivity index (χ2n) is 2.56. The Labute approximate surface area is 81.6 Å². The Bertz CT molecular complexity index is 187. The van der Waals surface area contributed by atoms with Crippen molar-refractivity contribution in [1.82, 2.24) is 5.32 Å². The van der Waals surface area contributed by atoms with E-state index in [1.54, 1.807) is 6.26 Å². The minimum Gasteiger partial charge on any atom is -0.352 e. The minimum atomic E-state index is -0.551. The van der Waals surface area contributed by atoms with Gasteiger partial charge in [0.15, 0.2) is 0 Å². The maximum Gasteiger partial charge on any atom is 0.312 e. The summed E-state index contributed by atoms with van der Waals surface area (Å²) in [5.41, 5.74) is 10.4. The van der Waals surface area contributed by atoms with Crippen LogP contribution in [-0.2, 0) is 4.79 Å². The van der Waals surface area contributed by atoms with Gasteiger partial charge in [-0.05, 0) is 19.1 Å². The molecule has 0 radical (unpaired) electrons. The molecule has 0 unspecified atom stereocenters. The first-order valence-corrected chi connectivity index (χ1v) is 5.17.